The van der Waals surface area contributed by atoms with Gasteiger partial charge in [-0.1, -0.05) is 13.0 Å². The number of aryl methyl sites for hydroxylation is 1. The average molecular weight is 234 g/mol. The number of anilines is 1. The molecule has 0 unspecified atom stereocenters. The zero-order valence-corrected chi connectivity index (χ0v) is 10.8. The molecule has 2 heterocycles. The molecule has 0 aromatic carbocycles. The summed E-state index contributed by atoms with van der Waals surface area (Å²) in [5.74, 6) is 1.09. The number of hydrogen-bond acceptors (Lipinski definition) is 4. The molecule has 0 amide bonds. The summed E-state index contributed by atoms with van der Waals surface area (Å²) in [6, 6.07) is 4.20. The van der Waals surface area contributed by atoms with Gasteiger partial charge in [0, 0.05) is 38.4 Å². The van der Waals surface area contributed by atoms with Gasteiger partial charge in [0.05, 0.1) is 0 Å². The van der Waals surface area contributed by atoms with Crippen LogP contribution in [0.2, 0.25) is 0 Å². The minimum Gasteiger partial charge on any atom is -0.354 e. The van der Waals surface area contributed by atoms with Gasteiger partial charge < -0.3 is 15.5 Å². The average Bonchev–Trinajstić information content (AvgIpc) is 2.39. The lowest BCUT2D eigenvalue weighted by molar-refractivity contribution is 0.270. The van der Waals surface area contributed by atoms with E-state index in [9.17, 15) is 0 Å². The third-order valence-corrected chi connectivity index (χ3v) is 3.54. The maximum absolute atomic E-state index is 5.66. The summed E-state index contributed by atoms with van der Waals surface area (Å²) >= 11 is 0. The summed E-state index contributed by atoms with van der Waals surface area (Å²) in [6.07, 6.45) is 0. The van der Waals surface area contributed by atoms with Crippen LogP contribution in [0.3, 0.4) is 0 Å². The minimum absolute atomic E-state index is 0.572. The number of piperazine rings is 1. The summed E-state index contributed by atoms with van der Waals surface area (Å²) < 4.78 is 0. The Morgan fingerprint density at radius 1 is 1.24 bits per heavy atom. The highest BCUT2D eigenvalue weighted by molar-refractivity contribution is 5.42. The normalized spacial score (nSPS) is 17.5. The lowest BCUT2D eigenvalue weighted by Crippen LogP contribution is -2.46. The van der Waals surface area contributed by atoms with E-state index in [1.165, 1.54) is 0 Å². The molecule has 0 atom stereocenters. The first-order chi connectivity index (χ1) is 8.24. The SMILES string of the molecule is CCN1CCN(c2ccc(CN)c(C)n2)CC1. The van der Waals surface area contributed by atoms with Crippen molar-refractivity contribution in [2.24, 2.45) is 5.73 Å². The zero-order chi connectivity index (χ0) is 12.3. The van der Waals surface area contributed by atoms with Gasteiger partial charge in [0.1, 0.15) is 5.82 Å². The molecule has 1 aliphatic rings. The lowest BCUT2D eigenvalue weighted by Gasteiger charge is -2.35. The first-order valence-electron chi connectivity index (χ1n) is 6.38. The smallest absolute Gasteiger partial charge is 0.128 e. The van der Waals surface area contributed by atoms with Crippen molar-refractivity contribution in [3.8, 4) is 0 Å². The summed E-state index contributed by atoms with van der Waals surface area (Å²) in [5.41, 5.74) is 7.85. The van der Waals surface area contributed by atoms with Crippen LogP contribution < -0.4 is 10.6 Å². The molecule has 1 aromatic rings. The minimum atomic E-state index is 0.572. The molecule has 4 nitrogen and oxygen atoms in total. The Kier molecular flexibility index (Phi) is 3.97. The highest BCUT2D eigenvalue weighted by Crippen LogP contribution is 2.16. The van der Waals surface area contributed by atoms with Crippen molar-refractivity contribution >= 4 is 5.82 Å². The Balaban J connectivity index is 2.06. The Bertz CT molecular complexity index is 370. The summed E-state index contributed by atoms with van der Waals surface area (Å²) in [6.45, 7) is 10.4. The molecule has 1 aromatic heterocycles. The van der Waals surface area contributed by atoms with Crippen molar-refractivity contribution in [1.82, 2.24) is 9.88 Å². The molecule has 4 heteroatoms. The van der Waals surface area contributed by atoms with Crippen molar-refractivity contribution in [3.63, 3.8) is 0 Å². The topological polar surface area (TPSA) is 45.4 Å². The highest BCUT2D eigenvalue weighted by Gasteiger charge is 2.16. The van der Waals surface area contributed by atoms with E-state index in [0.717, 1.165) is 49.8 Å². The molecular weight excluding hydrogens is 212 g/mol. The van der Waals surface area contributed by atoms with Gasteiger partial charge in [-0.3, -0.25) is 0 Å². The molecule has 0 aliphatic carbocycles. The maximum Gasteiger partial charge on any atom is 0.128 e. The van der Waals surface area contributed by atoms with E-state index in [4.69, 9.17) is 5.73 Å². The highest BCUT2D eigenvalue weighted by atomic mass is 15.3. The van der Waals surface area contributed by atoms with Gasteiger partial charge in [0.25, 0.3) is 0 Å². The van der Waals surface area contributed by atoms with E-state index in [2.05, 4.69) is 33.8 Å². The van der Waals surface area contributed by atoms with Gasteiger partial charge in [-0.25, -0.2) is 4.98 Å². The van der Waals surface area contributed by atoms with Gasteiger partial charge >= 0.3 is 0 Å². The Morgan fingerprint density at radius 3 is 2.47 bits per heavy atom. The fourth-order valence-corrected chi connectivity index (χ4v) is 2.26. The standard InChI is InChI=1S/C13H22N4/c1-3-16-6-8-17(9-7-16)13-5-4-12(10-14)11(2)15-13/h4-5H,3,6-10,14H2,1-2H3. The molecule has 1 aliphatic heterocycles. The van der Waals surface area contributed by atoms with Crippen LogP contribution in [0.15, 0.2) is 12.1 Å². The fourth-order valence-electron chi connectivity index (χ4n) is 2.26. The van der Waals surface area contributed by atoms with E-state index < -0.39 is 0 Å². The van der Waals surface area contributed by atoms with Crippen molar-refractivity contribution in [3.05, 3.63) is 23.4 Å². The van der Waals surface area contributed by atoms with Crippen LogP contribution >= 0.6 is 0 Å². The van der Waals surface area contributed by atoms with Crippen molar-refractivity contribution in [2.45, 2.75) is 20.4 Å². The number of rotatable bonds is 3. The fraction of sp³-hybridized carbons (Fsp3) is 0.615. The number of nitrogens with zero attached hydrogens (tertiary/aromatic N) is 3. The maximum atomic E-state index is 5.66. The number of aromatic nitrogens is 1. The predicted octanol–water partition coefficient (Wildman–Crippen LogP) is 0.991. The Labute approximate surface area is 103 Å². The van der Waals surface area contributed by atoms with Gasteiger partial charge in [-0.15, -0.1) is 0 Å². The molecule has 94 valence electrons. The second-order valence-corrected chi connectivity index (χ2v) is 4.54. The van der Waals surface area contributed by atoms with E-state index in [1.54, 1.807) is 0 Å². The predicted molar refractivity (Wildman–Crippen MR) is 71.2 cm³/mol. The van der Waals surface area contributed by atoms with Crippen LogP contribution in [0.1, 0.15) is 18.2 Å². The third kappa shape index (κ3) is 2.76. The molecule has 17 heavy (non-hydrogen) atoms. The monoisotopic (exact) mass is 234 g/mol. The van der Waals surface area contributed by atoms with Crippen LogP contribution in [0.25, 0.3) is 0 Å². The second kappa shape index (κ2) is 5.47. The van der Waals surface area contributed by atoms with E-state index in [1.807, 2.05) is 6.92 Å². The van der Waals surface area contributed by atoms with Gasteiger partial charge in [0.15, 0.2) is 0 Å². The first kappa shape index (κ1) is 12.3. The van der Waals surface area contributed by atoms with E-state index >= 15 is 0 Å². The van der Waals surface area contributed by atoms with Crippen LogP contribution in [0, 0.1) is 6.92 Å². The Morgan fingerprint density at radius 2 is 1.94 bits per heavy atom. The van der Waals surface area contributed by atoms with Crippen LogP contribution in [0.4, 0.5) is 5.82 Å². The summed E-state index contributed by atoms with van der Waals surface area (Å²) in [4.78, 5) is 9.48. The molecule has 1 saturated heterocycles. The molecule has 0 radical (unpaired) electrons. The number of likely N-dealkylation sites (N-methyl/N-ethyl adjacent to an activating group) is 1. The molecule has 0 saturated carbocycles. The number of pyridine rings is 1. The first-order valence-corrected chi connectivity index (χ1v) is 6.38. The van der Waals surface area contributed by atoms with Crippen LogP contribution in [-0.2, 0) is 6.54 Å². The van der Waals surface area contributed by atoms with Crippen LogP contribution in [-0.4, -0.2) is 42.6 Å². The quantitative estimate of drug-likeness (QED) is 0.847. The van der Waals surface area contributed by atoms with Gasteiger partial charge in [0.2, 0.25) is 0 Å². The second-order valence-electron chi connectivity index (χ2n) is 4.54. The summed E-state index contributed by atoms with van der Waals surface area (Å²) in [5, 5.41) is 0. The molecule has 0 bridgehead atoms. The zero-order valence-electron chi connectivity index (χ0n) is 10.8. The summed E-state index contributed by atoms with van der Waals surface area (Å²) in [7, 11) is 0. The van der Waals surface area contributed by atoms with Crippen molar-refractivity contribution in [1.29, 1.82) is 0 Å². The van der Waals surface area contributed by atoms with Crippen molar-refractivity contribution in [2.75, 3.05) is 37.6 Å². The lowest BCUT2D eigenvalue weighted by atomic mass is 10.2. The molecule has 1 fully saturated rings. The Hall–Kier alpha value is -1.13. The van der Waals surface area contributed by atoms with E-state index in [-0.39, 0.29) is 0 Å². The number of nitrogens with two attached hydrogens (primary N) is 1. The van der Waals surface area contributed by atoms with Gasteiger partial charge in [-0.05, 0) is 25.1 Å². The van der Waals surface area contributed by atoms with Gasteiger partial charge in [-0.2, -0.15) is 0 Å². The van der Waals surface area contributed by atoms with Crippen molar-refractivity contribution < 1.29 is 0 Å². The molecule has 2 rings (SSSR count). The molecule has 0 spiro atoms. The van der Waals surface area contributed by atoms with E-state index in [0.29, 0.717) is 6.54 Å². The molecule has 2 N–H and O–H groups in total. The third-order valence-electron chi connectivity index (χ3n) is 3.54. The number of hydrogen-bond donors (Lipinski definition) is 1. The molecular formula is C13H22N4. The van der Waals surface area contributed by atoms with Crippen LogP contribution in [0.5, 0.6) is 0 Å². The largest absolute Gasteiger partial charge is 0.354 e.